The van der Waals surface area contributed by atoms with Gasteiger partial charge in [0.15, 0.2) is 11.6 Å². The van der Waals surface area contributed by atoms with Crippen LogP contribution in [0.5, 0.6) is 5.75 Å². The molecule has 0 bridgehead atoms. The van der Waals surface area contributed by atoms with E-state index in [0.29, 0.717) is 5.75 Å². The molecule has 0 unspecified atom stereocenters. The zero-order valence-corrected chi connectivity index (χ0v) is 10.3. The van der Waals surface area contributed by atoms with Crippen molar-refractivity contribution in [3.63, 3.8) is 0 Å². The van der Waals surface area contributed by atoms with Crippen LogP contribution in [-0.2, 0) is 6.18 Å². The van der Waals surface area contributed by atoms with Crippen LogP contribution in [0.3, 0.4) is 0 Å². The highest BCUT2D eigenvalue weighted by atomic mass is 19.4. The second-order valence-corrected chi connectivity index (χ2v) is 3.89. The molecule has 0 spiro atoms. The number of halogens is 3. The van der Waals surface area contributed by atoms with Crippen molar-refractivity contribution in [3.05, 3.63) is 42.2 Å². The molecule has 20 heavy (non-hydrogen) atoms. The first-order chi connectivity index (χ1) is 9.50. The van der Waals surface area contributed by atoms with Crippen molar-refractivity contribution in [2.75, 3.05) is 13.2 Å². The third-order valence-electron chi connectivity index (χ3n) is 2.44. The normalized spacial score (nSPS) is 11.4. The molecular weight excluding hydrogens is 273 g/mol. The lowest BCUT2D eigenvalue weighted by atomic mass is 10.1. The molecule has 0 aliphatic rings. The Balaban J connectivity index is 2.23. The Labute approximate surface area is 112 Å². The van der Waals surface area contributed by atoms with E-state index >= 15 is 0 Å². The van der Waals surface area contributed by atoms with Gasteiger partial charge in [-0.25, -0.2) is 9.97 Å². The first-order valence-corrected chi connectivity index (χ1v) is 5.74. The Morgan fingerprint density at radius 2 is 1.85 bits per heavy atom. The summed E-state index contributed by atoms with van der Waals surface area (Å²) in [6, 6.07) is 4.78. The molecular formula is C13H11F3N2O2. The Morgan fingerprint density at radius 3 is 2.45 bits per heavy atom. The molecule has 106 valence electrons. The van der Waals surface area contributed by atoms with Gasteiger partial charge < -0.3 is 9.84 Å². The van der Waals surface area contributed by atoms with Gasteiger partial charge in [-0.1, -0.05) is 12.1 Å². The van der Waals surface area contributed by atoms with E-state index in [9.17, 15) is 13.2 Å². The Morgan fingerprint density at radius 1 is 1.15 bits per heavy atom. The summed E-state index contributed by atoms with van der Waals surface area (Å²) in [6.07, 6.45) is -1.71. The summed E-state index contributed by atoms with van der Waals surface area (Å²) in [4.78, 5) is 7.88. The molecule has 0 atom stereocenters. The first kappa shape index (κ1) is 14.3. The van der Waals surface area contributed by atoms with E-state index in [1.165, 1.54) is 24.5 Å². The zero-order chi connectivity index (χ0) is 14.6. The molecule has 0 saturated carbocycles. The summed E-state index contributed by atoms with van der Waals surface area (Å²) >= 11 is 0. The van der Waals surface area contributed by atoms with Gasteiger partial charge in [0.1, 0.15) is 6.61 Å². The second-order valence-electron chi connectivity index (χ2n) is 3.89. The number of ether oxygens (including phenoxy) is 1. The molecule has 0 aliphatic heterocycles. The van der Waals surface area contributed by atoms with E-state index in [1.54, 1.807) is 0 Å². The van der Waals surface area contributed by atoms with Crippen LogP contribution in [0.1, 0.15) is 5.56 Å². The van der Waals surface area contributed by atoms with Crippen LogP contribution in [0.4, 0.5) is 13.2 Å². The van der Waals surface area contributed by atoms with Crippen molar-refractivity contribution in [3.8, 4) is 17.1 Å². The fourth-order valence-electron chi connectivity index (χ4n) is 1.54. The predicted octanol–water partition coefficient (Wildman–Crippen LogP) is 2.53. The van der Waals surface area contributed by atoms with Crippen molar-refractivity contribution in [1.82, 2.24) is 9.97 Å². The van der Waals surface area contributed by atoms with E-state index in [0.717, 1.165) is 12.1 Å². The molecule has 1 aromatic heterocycles. The summed E-state index contributed by atoms with van der Waals surface area (Å²) in [7, 11) is 0. The van der Waals surface area contributed by atoms with E-state index in [1.807, 2.05) is 0 Å². The maximum absolute atomic E-state index is 12.6. The van der Waals surface area contributed by atoms with Gasteiger partial charge in [-0.3, -0.25) is 0 Å². The number of benzene rings is 1. The molecule has 0 fully saturated rings. The smallest absolute Gasteiger partial charge is 0.416 e. The third kappa shape index (κ3) is 3.45. The molecule has 1 heterocycles. The highest BCUT2D eigenvalue weighted by molar-refractivity contribution is 5.56. The molecule has 4 nitrogen and oxygen atoms in total. The number of aliphatic hydroxyl groups is 1. The van der Waals surface area contributed by atoms with Gasteiger partial charge in [0.05, 0.1) is 24.6 Å². The fraction of sp³-hybridized carbons (Fsp3) is 0.231. The number of aromatic nitrogens is 2. The predicted molar refractivity (Wildman–Crippen MR) is 65.1 cm³/mol. The summed E-state index contributed by atoms with van der Waals surface area (Å²) in [5, 5.41) is 8.59. The van der Waals surface area contributed by atoms with Crippen LogP contribution in [0.15, 0.2) is 36.7 Å². The molecule has 7 heteroatoms. The van der Waals surface area contributed by atoms with Gasteiger partial charge in [-0.2, -0.15) is 13.2 Å². The molecule has 2 rings (SSSR count). The number of aliphatic hydroxyl groups excluding tert-OH is 1. The molecule has 0 aliphatic carbocycles. The quantitative estimate of drug-likeness (QED) is 0.937. The van der Waals surface area contributed by atoms with Gasteiger partial charge in [-0.15, -0.1) is 0 Å². The van der Waals surface area contributed by atoms with Gasteiger partial charge in [0.25, 0.3) is 0 Å². The molecule has 0 amide bonds. The average molecular weight is 284 g/mol. The molecule has 1 aromatic carbocycles. The van der Waals surface area contributed by atoms with Gasteiger partial charge in [0.2, 0.25) is 0 Å². The molecule has 0 radical (unpaired) electrons. The second kappa shape index (κ2) is 5.87. The summed E-state index contributed by atoms with van der Waals surface area (Å²) < 4.78 is 42.9. The van der Waals surface area contributed by atoms with Crippen molar-refractivity contribution in [2.24, 2.45) is 0 Å². The Bertz CT molecular complexity index is 571. The van der Waals surface area contributed by atoms with Crippen LogP contribution in [-0.4, -0.2) is 28.3 Å². The maximum atomic E-state index is 12.6. The minimum absolute atomic E-state index is 0.103. The largest absolute Gasteiger partial charge is 0.488 e. The van der Waals surface area contributed by atoms with Gasteiger partial charge in [-0.05, 0) is 12.1 Å². The number of hydrogen-bond donors (Lipinski definition) is 1. The van der Waals surface area contributed by atoms with Crippen LogP contribution >= 0.6 is 0 Å². The Kier molecular flexibility index (Phi) is 4.19. The maximum Gasteiger partial charge on any atom is 0.416 e. The van der Waals surface area contributed by atoms with Crippen molar-refractivity contribution >= 4 is 0 Å². The summed E-state index contributed by atoms with van der Waals surface area (Å²) in [6.45, 7) is -0.0400. The summed E-state index contributed by atoms with van der Waals surface area (Å²) in [5.41, 5.74) is -0.479. The van der Waals surface area contributed by atoms with E-state index in [-0.39, 0.29) is 24.6 Å². The standard InChI is InChI=1S/C13H11F3N2O2/c14-13(15,16)10-3-1-2-9(6-10)12-17-7-11(8-18-12)20-5-4-19/h1-3,6-8,19H,4-5H2. The third-order valence-corrected chi connectivity index (χ3v) is 2.44. The lowest BCUT2D eigenvalue weighted by Crippen LogP contribution is -2.05. The number of alkyl halides is 3. The van der Waals surface area contributed by atoms with E-state index in [2.05, 4.69) is 9.97 Å². The molecule has 0 saturated heterocycles. The van der Waals surface area contributed by atoms with Gasteiger partial charge >= 0.3 is 6.18 Å². The summed E-state index contributed by atoms with van der Waals surface area (Å²) in [5.74, 6) is 0.516. The topological polar surface area (TPSA) is 55.2 Å². The monoisotopic (exact) mass is 284 g/mol. The van der Waals surface area contributed by atoms with Crippen LogP contribution in [0.25, 0.3) is 11.4 Å². The lowest BCUT2D eigenvalue weighted by molar-refractivity contribution is -0.137. The number of nitrogens with zero attached hydrogens (tertiary/aromatic N) is 2. The minimum Gasteiger partial charge on any atom is -0.488 e. The Hall–Kier alpha value is -2.15. The lowest BCUT2D eigenvalue weighted by Gasteiger charge is -2.08. The van der Waals surface area contributed by atoms with Gasteiger partial charge in [0, 0.05) is 5.56 Å². The van der Waals surface area contributed by atoms with Crippen molar-refractivity contribution in [1.29, 1.82) is 0 Å². The number of rotatable bonds is 4. The van der Waals surface area contributed by atoms with Crippen molar-refractivity contribution < 1.29 is 23.0 Å². The van der Waals surface area contributed by atoms with E-state index in [4.69, 9.17) is 9.84 Å². The van der Waals surface area contributed by atoms with E-state index < -0.39 is 11.7 Å². The van der Waals surface area contributed by atoms with Crippen LogP contribution < -0.4 is 4.74 Å². The first-order valence-electron chi connectivity index (χ1n) is 5.74. The highest BCUT2D eigenvalue weighted by Gasteiger charge is 2.30. The van der Waals surface area contributed by atoms with Crippen LogP contribution in [0, 0.1) is 0 Å². The molecule has 1 N–H and O–H groups in total. The highest BCUT2D eigenvalue weighted by Crippen LogP contribution is 2.31. The van der Waals surface area contributed by atoms with Crippen molar-refractivity contribution in [2.45, 2.75) is 6.18 Å². The molecule has 2 aromatic rings. The zero-order valence-electron chi connectivity index (χ0n) is 10.3. The average Bonchev–Trinajstić information content (AvgIpc) is 2.45. The SMILES string of the molecule is OCCOc1cnc(-c2cccc(C(F)(F)F)c2)nc1. The van der Waals surface area contributed by atoms with Crippen LogP contribution in [0.2, 0.25) is 0 Å². The number of hydrogen-bond acceptors (Lipinski definition) is 4. The fourth-order valence-corrected chi connectivity index (χ4v) is 1.54. The minimum atomic E-state index is -4.40.